The molecule has 0 atom stereocenters. The normalized spacial score (nSPS) is 11.2. The molecule has 0 aliphatic carbocycles. The molecule has 0 aliphatic heterocycles. The minimum atomic E-state index is -3.79. The fourth-order valence-corrected chi connectivity index (χ4v) is 3.80. The van der Waals surface area contributed by atoms with Gasteiger partial charge in [0, 0.05) is 31.0 Å². The summed E-state index contributed by atoms with van der Waals surface area (Å²) in [6, 6.07) is 15.8. The molecule has 0 spiro atoms. The molecule has 10 heteroatoms. The number of nitrogens with one attached hydrogen (secondary N) is 2. The number of ether oxygens (including phenoxy) is 1. The van der Waals surface area contributed by atoms with Crippen LogP contribution in [-0.4, -0.2) is 36.4 Å². The van der Waals surface area contributed by atoms with Gasteiger partial charge in [-0.25, -0.2) is 18.1 Å². The van der Waals surface area contributed by atoms with Crippen molar-refractivity contribution in [3.05, 3.63) is 77.7 Å². The summed E-state index contributed by atoms with van der Waals surface area (Å²) in [5.41, 5.74) is 1.88. The lowest BCUT2D eigenvalue weighted by molar-refractivity contribution is -0.144. The molecule has 0 unspecified atom stereocenters. The van der Waals surface area contributed by atoms with Gasteiger partial charge in [-0.05, 0) is 36.8 Å². The number of hydrogen-bond acceptors (Lipinski definition) is 6. The van der Waals surface area contributed by atoms with Crippen LogP contribution in [0.4, 0.5) is 5.69 Å². The topological polar surface area (TPSA) is 119 Å². The minimum Gasteiger partial charge on any atom is -0.461 e. The standard InChI is InChI=1S/C22H24N4O5S/c1-16-24-20(14-26(16)2)32(29,30)23-13-12-21(27)31-15-17-8-10-18(11-9-17)22(28)25-19-6-4-3-5-7-19/h3-11,14,23H,12-13,15H2,1-2H3,(H,25,28). The van der Waals surface area contributed by atoms with Crippen molar-refractivity contribution in [2.45, 2.75) is 25.0 Å². The van der Waals surface area contributed by atoms with Crippen LogP contribution in [0.15, 0.2) is 65.8 Å². The van der Waals surface area contributed by atoms with Crippen molar-refractivity contribution < 1.29 is 22.7 Å². The Morgan fingerprint density at radius 2 is 1.75 bits per heavy atom. The predicted molar refractivity (Wildman–Crippen MR) is 118 cm³/mol. The molecule has 0 fully saturated rings. The molecule has 2 N–H and O–H groups in total. The summed E-state index contributed by atoms with van der Waals surface area (Å²) in [5.74, 6) is -0.223. The smallest absolute Gasteiger partial charge is 0.307 e. The Bertz CT molecular complexity index is 1170. The Balaban J connectivity index is 1.43. The third kappa shape index (κ3) is 6.25. The van der Waals surface area contributed by atoms with Crippen molar-refractivity contribution in [1.29, 1.82) is 0 Å². The molecule has 9 nitrogen and oxygen atoms in total. The van der Waals surface area contributed by atoms with E-state index >= 15 is 0 Å². The van der Waals surface area contributed by atoms with Crippen LogP contribution in [0.3, 0.4) is 0 Å². The number of rotatable bonds is 9. The summed E-state index contributed by atoms with van der Waals surface area (Å²) in [5, 5.41) is 2.70. The second kappa shape index (κ2) is 10.2. The molecule has 0 saturated heterocycles. The van der Waals surface area contributed by atoms with E-state index in [2.05, 4.69) is 15.0 Å². The molecule has 2 aromatic carbocycles. The second-order valence-corrected chi connectivity index (χ2v) is 8.78. The Morgan fingerprint density at radius 3 is 2.38 bits per heavy atom. The van der Waals surface area contributed by atoms with Crippen molar-refractivity contribution in [3.63, 3.8) is 0 Å². The van der Waals surface area contributed by atoms with E-state index in [0.717, 1.165) is 0 Å². The Morgan fingerprint density at radius 1 is 1.06 bits per heavy atom. The molecule has 32 heavy (non-hydrogen) atoms. The first kappa shape index (κ1) is 23.2. The van der Waals surface area contributed by atoms with Crippen molar-refractivity contribution in [2.75, 3.05) is 11.9 Å². The quantitative estimate of drug-likeness (QED) is 0.477. The van der Waals surface area contributed by atoms with Gasteiger partial charge in [0.1, 0.15) is 12.4 Å². The third-order valence-electron chi connectivity index (χ3n) is 4.63. The third-order valence-corrected chi connectivity index (χ3v) is 5.96. The van der Waals surface area contributed by atoms with Crippen LogP contribution in [0, 0.1) is 6.92 Å². The highest BCUT2D eigenvalue weighted by Gasteiger charge is 2.18. The molecule has 1 amide bonds. The number of benzene rings is 2. The van der Waals surface area contributed by atoms with Crippen molar-refractivity contribution in [3.8, 4) is 0 Å². The van der Waals surface area contributed by atoms with Crippen LogP contribution in [0.25, 0.3) is 0 Å². The van der Waals surface area contributed by atoms with Crippen molar-refractivity contribution >= 4 is 27.6 Å². The van der Waals surface area contributed by atoms with E-state index in [1.165, 1.54) is 6.20 Å². The number of carbonyl (C=O) groups is 2. The van der Waals surface area contributed by atoms with Gasteiger partial charge in [0.15, 0.2) is 5.03 Å². The van der Waals surface area contributed by atoms with Crippen LogP contribution >= 0.6 is 0 Å². The number of para-hydroxylation sites is 1. The zero-order valence-electron chi connectivity index (χ0n) is 17.7. The SMILES string of the molecule is Cc1nc(S(=O)(=O)NCCC(=O)OCc2ccc(C(=O)Nc3ccccc3)cc2)cn1C. The highest BCUT2D eigenvalue weighted by atomic mass is 32.2. The molecule has 0 radical (unpaired) electrons. The fraction of sp³-hybridized carbons (Fsp3) is 0.227. The number of anilines is 1. The summed E-state index contributed by atoms with van der Waals surface area (Å²) in [6.07, 6.45) is 1.28. The van der Waals surface area contributed by atoms with Crippen LogP contribution in [0.2, 0.25) is 0 Å². The van der Waals surface area contributed by atoms with E-state index in [9.17, 15) is 18.0 Å². The van der Waals surface area contributed by atoms with Crippen molar-refractivity contribution in [1.82, 2.24) is 14.3 Å². The van der Waals surface area contributed by atoms with Gasteiger partial charge in [-0.2, -0.15) is 0 Å². The maximum atomic E-state index is 12.3. The van der Waals surface area contributed by atoms with E-state index < -0.39 is 16.0 Å². The van der Waals surface area contributed by atoms with Gasteiger partial charge in [-0.1, -0.05) is 30.3 Å². The number of amides is 1. The first-order valence-electron chi connectivity index (χ1n) is 9.85. The second-order valence-electron chi connectivity index (χ2n) is 7.06. The lowest BCUT2D eigenvalue weighted by atomic mass is 10.1. The number of carbonyl (C=O) groups excluding carboxylic acids is 2. The number of sulfonamides is 1. The van der Waals surface area contributed by atoms with E-state index in [4.69, 9.17) is 4.74 Å². The average molecular weight is 457 g/mol. The highest BCUT2D eigenvalue weighted by Crippen LogP contribution is 2.11. The molecular formula is C22H24N4O5S. The molecule has 0 saturated carbocycles. The fourth-order valence-electron chi connectivity index (χ4n) is 2.73. The largest absolute Gasteiger partial charge is 0.461 e. The zero-order valence-corrected chi connectivity index (χ0v) is 18.6. The van der Waals surface area contributed by atoms with E-state index in [0.29, 0.717) is 22.6 Å². The van der Waals surface area contributed by atoms with E-state index in [-0.39, 0.29) is 30.5 Å². The van der Waals surface area contributed by atoms with Gasteiger partial charge in [0.05, 0.1) is 6.42 Å². The molecule has 3 aromatic rings. The number of esters is 1. The molecule has 0 aliphatic rings. The zero-order chi connectivity index (χ0) is 23.1. The monoisotopic (exact) mass is 456 g/mol. The maximum absolute atomic E-state index is 12.3. The van der Waals surface area contributed by atoms with Crippen LogP contribution < -0.4 is 10.0 Å². The van der Waals surface area contributed by atoms with Gasteiger partial charge in [0.2, 0.25) is 0 Å². The van der Waals surface area contributed by atoms with Crippen LogP contribution in [0.5, 0.6) is 0 Å². The number of nitrogens with zero attached hydrogens (tertiary/aromatic N) is 2. The molecule has 1 aromatic heterocycles. The van der Waals surface area contributed by atoms with Gasteiger partial charge in [-0.3, -0.25) is 9.59 Å². The Hall–Kier alpha value is -3.50. The first-order chi connectivity index (χ1) is 15.2. The van der Waals surface area contributed by atoms with Gasteiger partial charge < -0.3 is 14.6 Å². The van der Waals surface area contributed by atoms with Crippen LogP contribution in [-0.2, 0) is 33.2 Å². The maximum Gasteiger partial charge on any atom is 0.307 e. The molecule has 0 bridgehead atoms. The number of hydrogen-bond donors (Lipinski definition) is 2. The van der Waals surface area contributed by atoms with Gasteiger partial charge in [0.25, 0.3) is 15.9 Å². The van der Waals surface area contributed by atoms with Crippen LogP contribution in [0.1, 0.15) is 28.2 Å². The minimum absolute atomic E-state index is 0.0194. The highest BCUT2D eigenvalue weighted by molar-refractivity contribution is 7.89. The Labute approximate surface area is 186 Å². The lowest BCUT2D eigenvalue weighted by Crippen LogP contribution is -2.27. The predicted octanol–water partition coefficient (Wildman–Crippen LogP) is 2.39. The number of aryl methyl sites for hydroxylation is 2. The lowest BCUT2D eigenvalue weighted by Gasteiger charge is -2.08. The van der Waals surface area contributed by atoms with E-state index in [1.807, 2.05) is 18.2 Å². The summed E-state index contributed by atoms with van der Waals surface area (Å²) in [7, 11) is -2.09. The molecule has 3 rings (SSSR count). The van der Waals surface area contributed by atoms with Crippen molar-refractivity contribution in [2.24, 2.45) is 7.05 Å². The number of imidazole rings is 1. The number of aromatic nitrogens is 2. The first-order valence-corrected chi connectivity index (χ1v) is 11.3. The summed E-state index contributed by atoms with van der Waals surface area (Å²) < 4.78 is 33.5. The Kier molecular flexibility index (Phi) is 7.39. The summed E-state index contributed by atoms with van der Waals surface area (Å²) in [4.78, 5) is 28.2. The molecule has 168 valence electrons. The molecular weight excluding hydrogens is 432 g/mol. The van der Waals surface area contributed by atoms with Gasteiger partial charge >= 0.3 is 5.97 Å². The molecule has 1 heterocycles. The average Bonchev–Trinajstić information content (AvgIpc) is 3.12. The van der Waals surface area contributed by atoms with E-state index in [1.54, 1.807) is 54.9 Å². The summed E-state index contributed by atoms with van der Waals surface area (Å²) in [6.45, 7) is 1.61. The van der Waals surface area contributed by atoms with Gasteiger partial charge in [-0.15, -0.1) is 0 Å². The summed E-state index contributed by atoms with van der Waals surface area (Å²) >= 11 is 0.